The van der Waals surface area contributed by atoms with Crippen molar-refractivity contribution in [2.24, 2.45) is 5.92 Å². The van der Waals surface area contributed by atoms with Crippen LogP contribution in [0.25, 0.3) is 0 Å². The molecule has 182 valence electrons. The normalized spacial score (nSPS) is 18.9. The highest BCUT2D eigenvalue weighted by Crippen LogP contribution is 2.39. The number of halogens is 1. The van der Waals surface area contributed by atoms with Crippen molar-refractivity contribution in [3.05, 3.63) is 83.7 Å². The van der Waals surface area contributed by atoms with Gasteiger partial charge in [0.15, 0.2) is 0 Å². The number of anilines is 2. The first kappa shape index (κ1) is 23.0. The van der Waals surface area contributed by atoms with Gasteiger partial charge in [-0.15, -0.1) is 0 Å². The fraction of sp³-hybridized carbons (Fsp3) is 0.321. The van der Waals surface area contributed by atoms with Crippen LogP contribution in [0, 0.1) is 11.7 Å². The number of benzene rings is 3. The van der Waals surface area contributed by atoms with Gasteiger partial charge in [-0.05, 0) is 60.0 Å². The summed E-state index contributed by atoms with van der Waals surface area (Å²) in [6, 6.07) is 20.5. The lowest BCUT2D eigenvalue weighted by atomic mass is 9.83. The number of hydrogen-bond acceptors (Lipinski definition) is 5. The SMILES string of the molecule is COc1ccc(N2CCN3c4cc(OC)ccc4C[C@@H](C(=O)NCc4cccc(F)c4)[C@H]3C2)cc1. The van der Waals surface area contributed by atoms with Crippen molar-refractivity contribution in [2.75, 3.05) is 43.7 Å². The molecule has 2 aliphatic rings. The third-order valence-corrected chi connectivity index (χ3v) is 7.05. The largest absolute Gasteiger partial charge is 0.497 e. The fourth-order valence-electron chi connectivity index (χ4n) is 5.20. The molecule has 2 heterocycles. The molecule has 0 spiro atoms. The number of carbonyl (C=O) groups is 1. The van der Waals surface area contributed by atoms with E-state index in [1.54, 1.807) is 20.3 Å². The monoisotopic (exact) mass is 475 g/mol. The summed E-state index contributed by atoms with van der Waals surface area (Å²) in [4.78, 5) is 18.2. The second-order valence-corrected chi connectivity index (χ2v) is 9.06. The molecule has 0 unspecified atom stereocenters. The van der Waals surface area contributed by atoms with Crippen LogP contribution in [0.3, 0.4) is 0 Å². The van der Waals surface area contributed by atoms with Crippen LogP contribution in [0.4, 0.5) is 15.8 Å². The number of methoxy groups -OCH3 is 2. The number of piperazine rings is 1. The van der Waals surface area contributed by atoms with Gasteiger partial charge in [0.1, 0.15) is 17.3 Å². The summed E-state index contributed by atoms with van der Waals surface area (Å²) in [5, 5.41) is 3.06. The smallest absolute Gasteiger partial charge is 0.225 e. The highest BCUT2D eigenvalue weighted by atomic mass is 19.1. The van der Waals surface area contributed by atoms with Gasteiger partial charge in [-0.1, -0.05) is 18.2 Å². The molecule has 0 radical (unpaired) electrons. The van der Waals surface area contributed by atoms with Crippen LogP contribution in [0.5, 0.6) is 11.5 Å². The Balaban J connectivity index is 1.40. The maximum Gasteiger partial charge on any atom is 0.225 e. The Morgan fingerprint density at radius 1 is 1.00 bits per heavy atom. The molecule has 1 N–H and O–H groups in total. The number of ether oxygens (including phenoxy) is 2. The van der Waals surface area contributed by atoms with Crippen LogP contribution in [0.1, 0.15) is 11.1 Å². The maximum atomic E-state index is 13.6. The molecule has 3 aromatic carbocycles. The Hall–Kier alpha value is -3.74. The Kier molecular flexibility index (Phi) is 6.49. The molecule has 7 heteroatoms. The van der Waals surface area contributed by atoms with Gasteiger partial charge in [0.05, 0.1) is 26.2 Å². The third-order valence-electron chi connectivity index (χ3n) is 7.05. The van der Waals surface area contributed by atoms with Gasteiger partial charge >= 0.3 is 0 Å². The third kappa shape index (κ3) is 4.76. The van der Waals surface area contributed by atoms with E-state index >= 15 is 0 Å². The van der Waals surface area contributed by atoms with E-state index < -0.39 is 0 Å². The molecule has 2 aliphatic heterocycles. The minimum Gasteiger partial charge on any atom is -0.497 e. The molecular formula is C28H30FN3O3. The van der Waals surface area contributed by atoms with E-state index in [1.165, 1.54) is 12.1 Å². The van der Waals surface area contributed by atoms with Crippen molar-refractivity contribution in [3.63, 3.8) is 0 Å². The highest BCUT2D eigenvalue weighted by molar-refractivity contribution is 5.82. The van der Waals surface area contributed by atoms with Crippen molar-refractivity contribution in [3.8, 4) is 11.5 Å². The molecule has 1 fully saturated rings. The van der Waals surface area contributed by atoms with Crippen LogP contribution in [0.2, 0.25) is 0 Å². The van der Waals surface area contributed by atoms with E-state index in [0.717, 1.165) is 53.6 Å². The maximum absolute atomic E-state index is 13.6. The zero-order valence-corrected chi connectivity index (χ0v) is 20.0. The van der Waals surface area contributed by atoms with Crippen LogP contribution >= 0.6 is 0 Å². The lowest BCUT2D eigenvalue weighted by Crippen LogP contribution is -2.61. The van der Waals surface area contributed by atoms with Gasteiger partial charge in [0.2, 0.25) is 5.91 Å². The second kappa shape index (κ2) is 9.86. The molecular weight excluding hydrogens is 445 g/mol. The van der Waals surface area contributed by atoms with E-state index in [0.29, 0.717) is 13.0 Å². The second-order valence-electron chi connectivity index (χ2n) is 9.06. The predicted octanol–water partition coefficient (Wildman–Crippen LogP) is 4.03. The van der Waals surface area contributed by atoms with Crippen molar-refractivity contribution in [2.45, 2.75) is 19.0 Å². The van der Waals surface area contributed by atoms with Crippen molar-refractivity contribution in [1.82, 2.24) is 5.32 Å². The minimum absolute atomic E-state index is 0.00188. The minimum atomic E-state index is -0.300. The van der Waals surface area contributed by atoms with Gasteiger partial charge in [0.25, 0.3) is 0 Å². The van der Waals surface area contributed by atoms with Crippen LogP contribution in [-0.2, 0) is 17.8 Å². The van der Waals surface area contributed by atoms with Crippen LogP contribution in [-0.4, -0.2) is 45.8 Å². The summed E-state index contributed by atoms with van der Waals surface area (Å²) in [5.41, 5.74) is 4.14. The topological polar surface area (TPSA) is 54.0 Å². The molecule has 3 aromatic rings. The van der Waals surface area contributed by atoms with Crippen LogP contribution in [0.15, 0.2) is 66.7 Å². The summed E-state index contributed by atoms with van der Waals surface area (Å²) in [7, 11) is 3.33. The predicted molar refractivity (Wildman–Crippen MR) is 135 cm³/mol. The molecule has 2 atom stereocenters. The number of nitrogens with zero attached hydrogens (tertiary/aromatic N) is 2. The highest BCUT2D eigenvalue weighted by Gasteiger charge is 2.41. The standard InChI is InChI=1S/C28H30FN3O3/c1-34-23-10-7-22(8-11-23)31-12-13-32-26-16-24(35-2)9-6-20(26)15-25(27(32)18-31)28(33)30-17-19-4-3-5-21(29)14-19/h3-11,14,16,25,27H,12-13,15,17-18H2,1-2H3,(H,30,33)/t25-,27-/m1/s1. The lowest BCUT2D eigenvalue weighted by Gasteiger charge is -2.49. The van der Waals surface area contributed by atoms with Gasteiger partial charge in [-0.2, -0.15) is 0 Å². The molecule has 1 saturated heterocycles. The zero-order valence-electron chi connectivity index (χ0n) is 20.0. The summed E-state index contributed by atoms with van der Waals surface area (Å²) < 4.78 is 24.4. The Labute approximate surface area is 205 Å². The quantitative estimate of drug-likeness (QED) is 0.584. The number of amides is 1. The molecule has 0 aliphatic carbocycles. The molecule has 35 heavy (non-hydrogen) atoms. The Morgan fingerprint density at radius 2 is 1.77 bits per heavy atom. The average molecular weight is 476 g/mol. The lowest BCUT2D eigenvalue weighted by molar-refractivity contribution is -0.126. The number of fused-ring (bicyclic) bond motifs is 3. The zero-order chi connectivity index (χ0) is 24.4. The number of nitrogens with one attached hydrogen (secondary N) is 1. The van der Waals surface area contributed by atoms with Gasteiger partial charge in [-0.3, -0.25) is 4.79 Å². The molecule has 0 aromatic heterocycles. The van der Waals surface area contributed by atoms with E-state index in [9.17, 15) is 9.18 Å². The van der Waals surface area contributed by atoms with E-state index in [1.807, 2.05) is 24.3 Å². The van der Waals surface area contributed by atoms with Crippen molar-refractivity contribution in [1.29, 1.82) is 0 Å². The average Bonchev–Trinajstić information content (AvgIpc) is 2.90. The van der Waals surface area contributed by atoms with Crippen LogP contribution < -0.4 is 24.6 Å². The summed E-state index contributed by atoms with van der Waals surface area (Å²) in [5.74, 6) is 1.09. The number of rotatable bonds is 6. The molecule has 5 rings (SSSR count). The molecule has 0 bridgehead atoms. The van der Waals surface area contributed by atoms with Gasteiger partial charge in [-0.25, -0.2) is 4.39 Å². The van der Waals surface area contributed by atoms with E-state index in [2.05, 4.69) is 39.4 Å². The summed E-state index contributed by atoms with van der Waals surface area (Å²) in [6.45, 7) is 2.67. The summed E-state index contributed by atoms with van der Waals surface area (Å²) in [6.07, 6.45) is 0.645. The first-order valence-electron chi connectivity index (χ1n) is 11.9. The Morgan fingerprint density at radius 3 is 2.51 bits per heavy atom. The van der Waals surface area contributed by atoms with Crippen molar-refractivity contribution >= 4 is 17.3 Å². The first-order valence-corrected chi connectivity index (χ1v) is 11.9. The van der Waals surface area contributed by atoms with Crippen molar-refractivity contribution < 1.29 is 18.7 Å². The molecule has 1 amide bonds. The fourth-order valence-corrected chi connectivity index (χ4v) is 5.20. The first-order chi connectivity index (χ1) is 17.1. The number of hydrogen-bond donors (Lipinski definition) is 1. The molecule has 0 saturated carbocycles. The summed E-state index contributed by atoms with van der Waals surface area (Å²) >= 11 is 0. The Bertz CT molecular complexity index is 1200. The van der Waals surface area contributed by atoms with Gasteiger partial charge < -0.3 is 24.6 Å². The number of carbonyl (C=O) groups excluding carboxylic acids is 1. The van der Waals surface area contributed by atoms with E-state index in [4.69, 9.17) is 9.47 Å². The van der Waals surface area contributed by atoms with Gasteiger partial charge in [0, 0.05) is 43.6 Å². The van der Waals surface area contributed by atoms with E-state index in [-0.39, 0.29) is 23.7 Å². The molecule has 6 nitrogen and oxygen atoms in total.